The Labute approximate surface area is 152 Å². The van der Waals surface area contributed by atoms with Gasteiger partial charge in [-0.2, -0.15) is 0 Å². The molecular formula is C17H23N3O5S. The summed E-state index contributed by atoms with van der Waals surface area (Å²) in [6.07, 6.45) is 2.06. The van der Waals surface area contributed by atoms with E-state index in [0.717, 1.165) is 12.8 Å². The number of benzene rings is 1. The number of carbonyl (C=O) groups is 2. The Morgan fingerprint density at radius 1 is 1.31 bits per heavy atom. The van der Waals surface area contributed by atoms with E-state index in [-0.39, 0.29) is 17.5 Å². The summed E-state index contributed by atoms with van der Waals surface area (Å²) in [6.45, 7) is 3.78. The number of amides is 2. The zero-order valence-corrected chi connectivity index (χ0v) is 15.6. The summed E-state index contributed by atoms with van der Waals surface area (Å²) in [4.78, 5) is 25.3. The summed E-state index contributed by atoms with van der Waals surface area (Å²) in [7, 11) is -3.63. The Balaban J connectivity index is 1.73. The number of nitrogens with one attached hydrogen (secondary N) is 2. The first-order valence-corrected chi connectivity index (χ1v) is 10.0. The fourth-order valence-corrected chi connectivity index (χ4v) is 4.54. The Hall–Kier alpha value is -2.13. The van der Waals surface area contributed by atoms with Crippen LogP contribution in [0.4, 0.5) is 10.5 Å². The van der Waals surface area contributed by atoms with E-state index in [1.807, 2.05) is 0 Å². The number of hydrogen-bond donors (Lipinski definition) is 3. The predicted molar refractivity (Wildman–Crippen MR) is 95.5 cm³/mol. The molecule has 1 saturated heterocycles. The standard InChI is InChI=1S/C17H23N3O5S/c1-11-3-4-13(9-14(11)26(24,25)19-12-5-6-12)18-16(23)20-8-7-17(2,10-20)15(21)22/h3-4,9,12,19H,5-8,10H2,1-2H3,(H,18,23)(H,21,22). The first-order valence-electron chi connectivity index (χ1n) is 8.53. The lowest BCUT2D eigenvalue weighted by molar-refractivity contribution is -0.146. The van der Waals surface area contributed by atoms with Gasteiger partial charge in [-0.25, -0.2) is 17.9 Å². The van der Waals surface area contributed by atoms with Gasteiger partial charge in [0, 0.05) is 24.8 Å². The minimum atomic E-state index is -3.63. The van der Waals surface area contributed by atoms with Crippen LogP contribution in [0.2, 0.25) is 0 Å². The average molecular weight is 381 g/mol. The second-order valence-electron chi connectivity index (χ2n) is 7.34. The molecule has 3 N–H and O–H groups in total. The van der Waals surface area contributed by atoms with Gasteiger partial charge in [-0.05, 0) is 50.8 Å². The summed E-state index contributed by atoms with van der Waals surface area (Å²) in [5.41, 5.74) is 0.00398. The molecular weight excluding hydrogens is 358 g/mol. The molecule has 2 aliphatic rings. The summed E-state index contributed by atoms with van der Waals surface area (Å²) in [6, 6.07) is 4.27. The number of urea groups is 1. The lowest BCUT2D eigenvalue weighted by Gasteiger charge is -2.21. The molecule has 1 atom stereocenters. The number of sulfonamides is 1. The zero-order valence-electron chi connectivity index (χ0n) is 14.8. The number of carboxylic acids is 1. The summed E-state index contributed by atoms with van der Waals surface area (Å²) < 4.78 is 27.5. The average Bonchev–Trinajstić information content (AvgIpc) is 3.26. The van der Waals surface area contributed by atoms with Gasteiger partial charge in [0.1, 0.15) is 0 Å². The SMILES string of the molecule is Cc1ccc(NC(=O)N2CCC(C)(C(=O)O)C2)cc1S(=O)(=O)NC1CC1. The summed E-state index contributed by atoms with van der Waals surface area (Å²) in [5, 5.41) is 11.9. The van der Waals surface area contributed by atoms with Crippen LogP contribution in [0.25, 0.3) is 0 Å². The molecule has 0 spiro atoms. The first-order chi connectivity index (χ1) is 12.1. The molecule has 0 bridgehead atoms. The number of likely N-dealkylation sites (tertiary alicyclic amines) is 1. The number of aryl methyl sites for hydroxylation is 1. The van der Waals surface area contributed by atoms with Gasteiger partial charge in [0.2, 0.25) is 10.0 Å². The van der Waals surface area contributed by atoms with Crippen molar-refractivity contribution in [1.29, 1.82) is 0 Å². The Bertz CT molecular complexity index is 850. The maximum Gasteiger partial charge on any atom is 0.321 e. The van der Waals surface area contributed by atoms with Crippen molar-refractivity contribution in [3.05, 3.63) is 23.8 Å². The van der Waals surface area contributed by atoms with Gasteiger partial charge in [-0.15, -0.1) is 0 Å². The van der Waals surface area contributed by atoms with Gasteiger partial charge >= 0.3 is 12.0 Å². The van der Waals surface area contributed by atoms with Crippen molar-refractivity contribution in [3.8, 4) is 0 Å². The van der Waals surface area contributed by atoms with Gasteiger partial charge in [0.15, 0.2) is 0 Å². The molecule has 1 saturated carbocycles. The molecule has 1 aromatic rings. The maximum absolute atomic E-state index is 12.5. The quantitative estimate of drug-likeness (QED) is 0.719. The van der Waals surface area contributed by atoms with Crippen LogP contribution in [0, 0.1) is 12.3 Å². The predicted octanol–water partition coefficient (Wildman–Crippen LogP) is 1.76. The highest BCUT2D eigenvalue weighted by Crippen LogP contribution is 2.31. The normalized spacial score (nSPS) is 23.1. The van der Waals surface area contributed by atoms with Crippen molar-refractivity contribution in [2.24, 2.45) is 5.41 Å². The molecule has 26 heavy (non-hydrogen) atoms. The molecule has 1 unspecified atom stereocenters. The second-order valence-corrected chi connectivity index (χ2v) is 9.03. The number of nitrogens with zero attached hydrogens (tertiary/aromatic N) is 1. The van der Waals surface area contributed by atoms with E-state index < -0.39 is 27.4 Å². The third-order valence-electron chi connectivity index (χ3n) is 4.90. The van der Waals surface area contributed by atoms with Crippen molar-refractivity contribution >= 4 is 27.7 Å². The van der Waals surface area contributed by atoms with Crippen LogP contribution in [0.15, 0.2) is 23.1 Å². The number of carboxylic acid groups (broad SMARTS) is 1. The van der Waals surface area contributed by atoms with Crippen LogP contribution in [0.3, 0.4) is 0 Å². The van der Waals surface area contributed by atoms with E-state index in [1.54, 1.807) is 26.0 Å². The maximum atomic E-state index is 12.5. The number of hydrogen-bond acceptors (Lipinski definition) is 4. The lowest BCUT2D eigenvalue weighted by atomic mass is 9.90. The fourth-order valence-electron chi connectivity index (χ4n) is 2.96. The third kappa shape index (κ3) is 3.83. The number of anilines is 1. The van der Waals surface area contributed by atoms with Crippen LogP contribution in [0.5, 0.6) is 0 Å². The Morgan fingerprint density at radius 2 is 2.00 bits per heavy atom. The van der Waals surface area contributed by atoms with E-state index in [0.29, 0.717) is 24.2 Å². The molecule has 1 heterocycles. The highest BCUT2D eigenvalue weighted by atomic mass is 32.2. The topological polar surface area (TPSA) is 116 Å². The van der Waals surface area contributed by atoms with Crippen molar-refractivity contribution in [3.63, 3.8) is 0 Å². The Morgan fingerprint density at radius 3 is 2.58 bits per heavy atom. The van der Waals surface area contributed by atoms with E-state index >= 15 is 0 Å². The third-order valence-corrected chi connectivity index (χ3v) is 6.57. The van der Waals surface area contributed by atoms with Gasteiger partial charge in [-0.3, -0.25) is 4.79 Å². The van der Waals surface area contributed by atoms with E-state index in [1.165, 1.54) is 11.0 Å². The smallest absolute Gasteiger partial charge is 0.321 e. The van der Waals surface area contributed by atoms with Crippen molar-refractivity contribution in [1.82, 2.24) is 9.62 Å². The minimum Gasteiger partial charge on any atom is -0.481 e. The van der Waals surface area contributed by atoms with Crippen LogP contribution in [-0.2, 0) is 14.8 Å². The molecule has 3 rings (SSSR count). The highest BCUT2D eigenvalue weighted by Gasteiger charge is 2.42. The van der Waals surface area contributed by atoms with Crippen LogP contribution < -0.4 is 10.0 Å². The van der Waals surface area contributed by atoms with Crippen molar-refractivity contribution in [2.45, 2.75) is 44.0 Å². The van der Waals surface area contributed by atoms with Gasteiger partial charge < -0.3 is 15.3 Å². The van der Waals surface area contributed by atoms with E-state index in [9.17, 15) is 23.1 Å². The van der Waals surface area contributed by atoms with Crippen LogP contribution in [-0.4, -0.2) is 49.6 Å². The van der Waals surface area contributed by atoms with E-state index in [2.05, 4.69) is 10.0 Å². The first kappa shape index (κ1) is 18.7. The molecule has 1 aliphatic carbocycles. The molecule has 9 heteroatoms. The number of rotatable bonds is 5. The molecule has 1 aromatic carbocycles. The largest absolute Gasteiger partial charge is 0.481 e. The molecule has 8 nitrogen and oxygen atoms in total. The number of aliphatic carboxylic acids is 1. The highest BCUT2D eigenvalue weighted by molar-refractivity contribution is 7.89. The molecule has 142 valence electrons. The second kappa shape index (κ2) is 6.55. The van der Waals surface area contributed by atoms with Gasteiger partial charge in [0.05, 0.1) is 10.3 Å². The molecule has 1 aliphatic heterocycles. The van der Waals surface area contributed by atoms with Crippen molar-refractivity contribution < 1.29 is 23.1 Å². The molecule has 2 amide bonds. The van der Waals surface area contributed by atoms with E-state index in [4.69, 9.17) is 0 Å². The molecule has 2 fully saturated rings. The Kier molecular flexibility index (Phi) is 4.70. The summed E-state index contributed by atoms with van der Waals surface area (Å²) >= 11 is 0. The van der Waals surface area contributed by atoms with Gasteiger partial charge in [-0.1, -0.05) is 6.07 Å². The monoisotopic (exact) mass is 381 g/mol. The number of carbonyl (C=O) groups excluding carboxylic acids is 1. The zero-order chi connectivity index (χ0) is 19.1. The minimum absolute atomic E-state index is 0.00376. The summed E-state index contributed by atoms with van der Waals surface area (Å²) in [5.74, 6) is -0.928. The van der Waals surface area contributed by atoms with Gasteiger partial charge in [0.25, 0.3) is 0 Å². The van der Waals surface area contributed by atoms with Crippen LogP contribution >= 0.6 is 0 Å². The molecule has 0 radical (unpaired) electrons. The fraction of sp³-hybridized carbons (Fsp3) is 0.529. The van der Waals surface area contributed by atoms with Crippen LogP contribution in [0.1, 0.15) is 31.7 Å². The molecule has 0 aromatic heterocycles. The lowest BCUT2D eigenvalue weighted by Crippen LogP contribution is -2.37. The van der Waals surface area contributed by atoms with Crippen molar-refractivity contribution in [2.75, 3.05) is 18.4 Å².